The van der Waals surface area contributed by atoms with Crippen molar-refractivity contribution >= 4 is 15.7 Å². The molecular weight excluding hydrogens is 328 g/mol. The van der Waals surface area contributed by atoms with E-state index in [2.05, 4.69) is 14.7 Å². The zero-order chi connectivity index (χ0) is 17.2. The number of sulfonamides is 1. The van der Waals surface area contributed by atoms with Crippen LogP contribution in [0.2, 0.25) is 0 Å². The fourth-order valence-electron chi connectivity index (χ4n) is 4.13. The smallest absolute Gasteiger partial charge is 0.229 e. The van der Waals surface area contributed by atoms with E-state index >= 15 is 0 Å². The SMILES string of the molecule is COC[C@@H]1C[C@H](n2cc(NS(C)(=O)=O)cn2)CN1C1CCCCC1. The second-order valence-corrected chi connectivity index (χ2v) is 8.82. The van der Waals surface area contributed by atoms with Gasteiger partial charge in [0, 0.05) is 31.9 Å². The Morgan fingerprint density at radius 2 is 2.04 bits per heavy atom. The number of hydrogen-bond acceptors (Lipinski definition) is 5. The summed E-state index contributed by atoms with van der Waals surface area (Å²) in [5, 5.41) is 4.38. The van der Waals surface area contributed by atoms with Gasteiger partial charge in [0.15, 0.2) is 0 Å². The van der Waals surface area contributed by atoms with E-state index in [1.165, 1.54) is 32.1 Å². The first kappa shape index (κ1) is 17.7. The third kappa shape index (κ3) is 4.29. The topological polar surface area (TPSA) is 76.5 Å². The molecule has 2 heterocycles. The minimum Gasteiger partial charge on any atom is -0.383 e. The lowest BCUT2D eigenvalue weighted by Crippen LogP contribution is -2.42. The van der Waals surface area contributed by atoms with Crippen molar-refractivity contribution < 1.29 is 13.2 Å². The molecule has 8 heteroatoms. The molecule has 1 aromatic heterocycles. The average Bonchev–Trinajstić information content (AvgIpc) is 3.14. The lowest BCUT2D eigenvalue weighted by molar-refractivity contribution is 0.0746. The maximum absolute atomic E-state index is 11.4. The third-order valence-corrected chi connectivity index (χ3v) is 5.72. The summed E-state index contributed by atoms with van der Waals surface area (Å²) in [7, 11) is -1.51. The predicted molar refractivity (Wildman–Crippen MR) is 93.6 cm³/mol. The number of nitrogens with zero attached hydrogens (tertiary/aromatic N) is 3. The Morgan fingerprint density at radius 1 is 1.29 bits per heavy atom. The highest BCUT2D eigenvalue weighted by atomic mass is 32.2. The number of hydrogen-bond donors (Lipinski definition) is 1. The van der Waals surface area contributed by atoms with E-state index in [0.29, 0.717) is 17.8 Å². The number of rotatable bonds is 6. The lowest BCUT2D eigenvalue weighted by atomic mass is 9.94. The summed E-state index contributed by atoms with van der Waals surface area (Å²) < 4.78 is 32.5. The zero-order valence-corrected chi connectivity index (χ0v) is 15.3. The van der Waals surface area contributed by atoms with Crippen molar-refractivity contribution in [2.45, 2.75) is 56.7 Å². The highest BCUT2D eigenvalue weighted by Gasteiger charge is 2.37. The molecule has 3 rings (SSSR count). The van der Waals surface area contributed by atoms with Gasteiger partial charge in [-0.3, -0.25) is 14.3 Å². The Balaban J connectivity index is 1.70. The first-order chi connectivity index (χ1) is 11.5. The fourth-order valence-corrected chi connectivity index (χ4v) is 4.66. The predicted octanol–water partition coefficient (Wildman–Crippen LogP) is 1.85. The Morgan fingerprint density at radius 3 is 2.71 bits per heavy atom. The molecule has 0 bridgehead atoms. The van der Waals surface area contributed by atoms with E-state index < -0.39 is 10.0 Å². The van der Waals surface area contributed by atoms with Crippen molar-refractivity contribution in [1.29, 1.82) is 0 Å². The lowest BCUT2D eigenvalue weighted by Gasteiger charge is -2.35. The summed E-state index contributed by atoms with van der Waals surface area (Å²) >= 11 is 0. The van der Waals surface area contributed by atoms with Gasteiger partial charge in [0.2, 0.25) is 10.0 Å². The maximum Gasteiger partial charge on any atom is 0.229 e. The van der Waals surface area contributed by atoms with E-state index in [-0.39, 0.29) is 6.04 Å². The highest BCUT2D eigenvalue weighted by Crippen LogP contribution is 2.34. The van der Waals surface area contributed by atoms with Crippen LogP contribution in [0, 0.1) is 0 Å². The molecule has 2 aliphatic rings. The van der Waals surface area contributed by atoms with Crippen LogP contribution in [-0.2, 0) is 14.8 Å². The molecule has 0 amide bonds. The van der Waals surface area contributed by atoms with Crippen LogP contribution in [0.1, 0.15) is 44.6 Å². The summed E-state index contributed by atoms with van der Waals surface area (Å²) in [5.41, 5.74) is 0.525. The van der Waals surface area contributed by atoms with Crippen molar-refractivity contribution in [3.05, 3.63) is 12.4 Å². The first-order valence-electron chi connectivity index (χ1n) is 8.73. The van der Waals surface area contributed by atoms with Crippen molar-refractivity contribution in [2.75, 3.05) is 31.2 Å². The second kappa shape index (κ2) is 7.41. The monoisotopic (exact) mass is 356 g/mol. The van der Waals surface area contributed by atoms with Gasteiger partial charge in [-0.1, -0.05) is 19.3 Å². The molecular formula is C16H28N4O3S. The van der Waals surface area contributed by atoms with Crippen LogP contribution in [0.15, 0.2) is 12.4 Å². The van der Waals surface area contributed by atoms with Gasteiger partial charge < -0.3 is 4.74 Å². The number of aromatic nitrogens is 2. The molecule has 7 nitrogen and oxygen atoms in total. The molecule has 1 saturated carbocycles. The number of anilines is 1. The minimum atomic E-state index is -3.27. The van der Waals surface area contributed by atoms with Crippen LogP contribution in [0.5, 0.6) is 0 Å². The van der Waals surface area contributed by atoms with Gasteiger partial charge in [-0.2, -0.15) is 5.10 Å². The van der Waals surface area contributed by atoms with Crippen molar-refractivity contribution in [2.24, 2.45) is 0 Å². The van der Waals surface area contributed by atoms with Crippen molar-refractivity contribution in [3.63, 3.8) is 0 Å². The van der Waals surface area contributed by atoms with E-state index in [1.54, 1.807) is 19.5 Å². The Labute approximate surface area is 144 Å². The van der Waals surface area contributed by atoms with Crippen LogP contribution in [0.3, 0.4) is 0 Å². The standard InChI is InChI=1S/C16H28N4O3S/c1-23-12-16-8-15(11-19(16)14-6-4-3-5-7-14)20-10-13(9-17-20)18-24(2,21)22/h9-10,14-16,18H,3-8,11-12H2,1-2H3/t15-,16-/m0/s1. The van der Waals surface area contributed by atoms with E-state index in [0.717, 1.165) is 25.8 Å². The molecule has 1 N–H and O–H groups in total. The average molecular weight is 356 g/mol. The summed E-state index contributed by atoms with van der Waals surface area (Å²) in [5.74, 6) is 0. The Kier molecular flexibility index (Phi) is 5.46. The van der Waals surface area contributed by atoms with Crippen molar-refractivity contribution in [1.82, 2.24) is 14.7 Å². The van der Waals surface area contributed by atoms with Crippen LogP contribution >= 0.6 is 0 Å². The summed E-state index contributed by atoms with van der Waals surface area (Å²) in [6, 6.07) is 1.33. The maximum atomic E-state index is 11.4. The fraction of sp³-hybridized carbons (Fsp3) is 0.812. The van der Waals surface area contributed by atoms with Gasteiger partial charge in [-0.05, 0) is 19.3 Å². The molecule has 1 aliphatic heterocycles. The molecule has 0 unspecified atom stereocenters. The van der Waals surface area contributed by atoms with Gasteiger partial charge in [0.05, 0.1) is 30.8 Å². The van der Waals surface area contributed by atoms with E-state index in [9.17, 15) is 8.42 Å². The summed E-state index contributed by atoms with van der Waals surface area (Å²) in [4.78, 5) is 2.60. The van der Waals surface area contributed by atoms with Gasteiger partial charge in [0.25, 0.3) is 0 Å². The normalized spacial score (nSPS) is 26.8. The largest absolute Gasteiger partial charge is 0.383 e. The second-order valence-electron chi connectivity index (χ2n) is 7.07. The first-order valence-corrected chi connectivity index (χ1v) is 10.6. The number of nitrogens with one attached hydrogen (secondary N) is 1. The van der Waals surface area contributed by atoms with Gasteiger partial charge in [-0.25, -0.2) is 8.42 Å². The van der Waals surface area contributed by atoms with Crippen LogP contribution in [0.25, 0.3) is 0 Å². The van der Waals surface area contributed by atoms with Crippen LogP contribution < -0.4 is 4.72 Å². The molecule has 136 valence electrons. The Hall–Kier alpha value is -1.12. The van der Waals surface area contributed by atoms with E-state index in [1.807, 2.05) is 4.68 Å². The number of ether oxygens (including phenoxy) is 1. The molecule has 2 atom stereocenters. The molecule has 24 heavy (non-hydrogen) atoms. The summed E-state index contributed by atoms with van der Waals surface area (Å²) in [6.07, 6.45) is 12.0. The molecule has 1 aromatic rings. The molecule has 1 saturated heterocycles. The van der Waals surface area contributed by atoms with Crippen LogP contribution in [-0.4, -0.2) is 61.7 Å². The molecule has 1 aliphatic carbocycles. The molecule has 0 spiro atoms. The van der Waals surface area contributed by atoms with Gasteiger partial charge >= 0.3 is 0 Å². The zero-order valence-electron chi connectivity index (χ0n) is 14.5. The summed E-state index contributed by atoms with van der Waals surface area (Å²) in [6.45, 7) is 1.70. The molecule has 0 aromatic carbocycles. The van der Waals surface area contributed by atoms with Gasteiger partial charge in [-0.15, -0.1) is 0 Å². The third-order valence-electron chi connectivity index (χ3n) is 5.12. The van der Waals surface area contributed by atoms with E-state index in [4.69, 9.17) is 4.74 Å². The molecule has 0 radical (unpaired) electrons. The van der Waals surface area contributed by atoms with Crippen molar-refractivity contribution in [3.8, 4) is 0 Å². The van der Waals surface area contributed by atoms with Crippen LogP contribution in [0.4, 0.5) is 5.69 Å². The number of methoxy groups -OCH3 is 1. The molecule has 2 fully saturated rings. The van der Waals surface area contributed by atoms with Gasteiger partial charge in [0.1, 0.15) is 0 Å². The quantitative estimate of drug-likeness (QED) is 0.842. The Bertz CT molecular complexity index is 640. The number of likely N-dealkylation sites (tertiary alicyclic amines) is 1. The highest BCUT2D eigenvalue weighted by molar-refractivity contribution is 7.92. The minimum absolute atomic E-state index is 0.266.